The highest BCUT2D eigenvalue weighted by atomic mass is 16.3. The summed E-state index contributed by atoms with van der Waals surface area (Å²) in [5, 5.41) is 18.6. The minimum atomic E-state index is -0.0197. The van der Waals surface area contributed by atoms with Gasteiger partial charge in [-0.25, -0.2) is 0 Å². The van der Waals surface area contributed by atoms with Crippen LogP contribution < -0.4 is 0 Å². The Morgan fingerprint density at radius 1 is 0.600 bits per heavy atom. The molecule has 0 bridgehead atoms. The van der Waals surface area contributed by atoms with Crippen LogP contribution in [0.25, 0.3) is 0 Å². The molecule has 20 heavy (non-hydrogen) atoms. The summed E-state index contributed by atoms with van der Waals surface area (Å²) in [5.41, 5.74) is 0. The van der Waals surface area contributed by atoms with E-state index in [1.165, 1.54) is 25.7 Å². The van der Waals surface area contributed by atoms with Gasteiger partial charge in [-0.15, -0.1) is 0 Å². The maximum Gasteiger partial charge on any atom is 0.0568 e. The Morgan fingerprint density at radius 2 is 1.10 bits per heavy atom. The van der Waals surface area contributed by atoms with E-state index < -0.39 is 0 Å². The van der Waals surface area contributed by atoms with Gasteiger partial charge in [-0.05, 0) is 55.8 Å². The smallest absolute Gasteiger partial charge is 0.0568 e. The summed E-state index contributed by atoms with van der Waals surface area (Å²) in [5.74, 6) is 2.66. The summed E-state index contributed by atoms with van der Waals surface area (Å²) < 4.78 is 0. The van der Waals surface area contributed by atoms with E-state index in [1.54, 1.807) is 0 Å². The molecule has 2 unspecified atom stereocenters. The topological polar surface area (TPSA) is 40.5 Å². The molecule has 2 N–H and O–H groups in total. The van der Waals surface area contributed by atoms with Crippen molar-refractivity contribution in [1.82, 2.24) is 0 Å². The third kappa shape index (κ3) is 7.64. The van der Waals surface area contributed by atoms with Crippen molar-refractivity contribution in [2.24, 2.45) is 23.7 Å². The zero-order chi connectivity index (χ0) is 13.7. The van der Waals surface area contributed by atoms with E-state index in [0.717, 1.165) is 24.7 Å². The van der Waals surface area contributed by atoms with E-state index in [0.29, 0.717) is 11.8 Å². The fourth-order valence-corrected chi connectivity index (χ4v) is 3.15. The second kappa shape index (κ2) is 10.6. The molecule has 0 radical (unpaired) electrons. The Bertz CT molecular complexity index is 205. The second-order valence-electron chi connectivity index (χ2n) is 6.93. The monoisotopic (exact) mass is 288 g/mol. The van der Waals surface area contributed by atoms with Crippen LogP contribution in [0.15, 0.2) is 0 Å². The third-order valence-corrected chi connectivity index (χ3v) is 4.80. The zero-order valence-electron chi connectivity index (χ0n) is 12.6. The van der Waals surface area contributed by atoms with E-state index in [9.17, 15) is 10.2 Å². The molecule has 0 aromatic rings. The molecule has 0 saturated heterocycles. The molecule has 2 nitrogen and oxygen atoms in total. The van der Waals surface area contributed by atoms with Gasteiger partial charge in [-0.3, -0.25) is 0 Å². The van der Waals surface area contributed by atoms with Crippen molar-refractivity contribution in [3.05, 3.63) is 0 Å². The van der Waals surface area contributed by atoms with Gasteiger partial charge in [0.1, 0.15) is 0 Å². The highest BCUT2D eigenvalue weighted by molar-refractivity contribution is 4.75. The van der Waals surface area contributed by atoms with Gasteiger partial charge < -0.3 is 10.2 Å². The summed E-state index contributed by atoms with van der Waals surface area (Å²) in [7, 11) is 0. The first kappa shape index (κ1) is 22.2. The molecule has 6 atom stereocenters. The Labute approximate surface area is 128 Å². The van der Waals surface area contributed by atoms with Crippen molar-refractivity contribution in [3.8, 4) is 0 Å². The molecule has 2 heteroatoms. The largest absolute Gasteiger partial charge is 0.393 e. The van der Waals surface area contributed by atoms with Crippen molar-refractivity contribution in [3.63, 3.8) is 0 Å². The number of aliphatic hydroxyl groups is 2. The predicted molar refractivity (Wildman–Crippen MR) is 89.8 cm³/mol. The van der Waals surface area contributed by atoms with Crippen LogP contribution in [0.1, 0.15) is 81.1 Å². The molecule has 0 aromatic heterocycles. The molecule has 2 fully saturated rings. The molecule has 2 saturated carbocycles. The van der Waals surface area contributed by atoms with E-state index in [-0.39, 0.29) is 27.1 Å². The number of hydrogen-bond donors (Lipinski definition) is 2. The average molecular weight is 289 g/mol. The Balaban J connectivity index is 0. The van der Waals surface area contributed by atoms with E-state index in [4.69, 9.17) is 0 Å². The summed E-state index contributed by atoms with van der Waals surface area (Å²) in [6, 6.07) is 0. The minimum Gasteiger partial charge on any atom is -0.393 e. The molecule has 2 aliphatic rings. The maximum absolute atomic E-state index is 9.35. The van der Waals surface area contributed by atoms with E-state index in [2.05, 4.69) is 27.7 Å². The van der Waals surface area contributed by atoms with Crippen LogP contribution in [0.3, 0.4) is 0 Å². The van der Waals surface area contributed by atoms with Gasteiger partial charge in [-0.2, -0.15) is 0 Å². The number of hydrogen-bond acceptors (Lipinski definition) is 2. The van der Waals surface area contributed by atoms with Gasteiger partial charge in [0.2, 0.25) is 0 Å². The third-order valence-electron chi connectivity index (χ3n) is 4.80. The lowest BCUT2D eigenvalue weighted by atomic mass is 9.81. The molecule has 124 valence electrons. The van der Waals surface area contributed by atoms with Crippen LogP contribution in [0.5, 0.6) is 0 Å². The zero-order valence-corrected chi connectivity index (χ0v) is 12.6. The quantitative estimate of drug-likeness (QED) is 0.667. The summed E-state index contributed by atoms with van der Waals surface area (Å²) in [6.07, 6.45) is 6.94. The van der Waals surface area contributed by atoms with Crippen molar-refractivity contribution in [2.45, 2.75) is 93.3 Å². The van der Waals surface area contributed by atoms with Crippen LogP contribution in [0.2, 0.25) is 0 Å². The molecule has 0 amide bonds. The number of aliphatic hydroxyl groups excluding tert-OH is 2. The van der Waals surface area contributed by atoms with Gasteiger partial charge in [0, 0.05) is 0 Å². The summed E-state index contributed by atoms with van der Waals surface area (Å²) >= 11 is 0. The minimum absolute atomic E-state index is 0. The highest BCUT2D eigenvalue weighted by Gasteiger charge is 2.23. The molecule has 2 aliphatic carbocycles. The van der Waals surface area contributed by atoms with E-state index >= 15 is 0 Å². The molecule has 0 aromatic carbocycles. The predicted octanol–water partition coefficient (Wildman–Crippen LogP) is 4.88. The molecule has 0 heterocycles. The van der Waals surface area contributed by atoms with Crippen LogP contribution >= 0.6 is 0 Å². The van der Waals surface area contributed by atoms with Crippen LogP contribution in [0, 0.1) is 23.7 Å². The van der Waals surface area contributed by atoms with Gasteiger partial charge >= 0.3 is 0 Å². The molecule has 2 rings (SSSR count). The average Bonchev–Trinajstić information content (AvgIpc) is 2.30. The van der Waals surface area contributed by atoms with Gasteiger partial charge in [0.05, 0.1) is 12.2 Å². The van der Waals surface area contributed by atoms with Crippen molar-refractivity contribution >= 4 is 0 Å². The summed E-state index contributed by atoms with van der Waals surface area (Å²) in [4.78, 5) is 0. The fourth-order valence-electron chi connectivity index (χ4n) is 3.15. The molecular weight excluding hydrogens is 248 g/mol. The lowest BCUT2D eigenvalue weighted by Crippen LogP contribution is -2.25. The van der Waals surface area contributed by atoms with Crippen LogP contribution in [0.4, 0.5) is 0 Å². The van der Waals surface area contributed by atoms with Crippen molar-refractivity contribution in [1.29, 1.82) is 0 Å². The fraction of sp³-hybridized carbons (Fsp3) is 1.00. The van der Waals surface area contributed by atoms with Gasteiger partial charge in [0.15, 0.2) is 0 Å². The first-order valence-electron chi connectivity index (χ1n) is 7.76. The second-order valence-corrected chi connectivity index (χ2v) is 6.93. The lowest BCUT2D eigenvalue weighted by Gasteiger charge is -2.28. The normalized spacial score (nSPS) is 40.5. The Kier molecular flexibility index (Phi) is 11.8. The molecular formula is C18H40O2. The molecule has 0 aliphatic heterocycles. The van der Waals surface area contributed by atoms with Gasteiger partial charge in [-0.1, -0.05) is 49.0 Å². The first-order chi connectivity index (χ1) is 8.40. The standard InChI is InChI=1S/2C8H16O.2CH4/c1-6-3-4-8(9)7(2)5-6;1-6-3-4-7(2)8(9)5-6;;/h2*6-9H,3-5H2,1-2H3;2*1H4/t6-,7-,8?;6-,7+,8?;;/m00../s1. The van der Waals surface area contributed by atoms with Gasteiger partial charge in [0.25, 0.3) is 0 Å². The van der Waals surface area contributed by atoms with Crippen LogP contribution in [-0.4, -0.2) is 22.4 Å². The molecule has 0 spiro atoms. The van der Waals surface area contributed by atoms with E-state index in [1.807, 2.05) is 0 Å². The Hall–Kier alpha value is -0.0800. The highest BCUT2D eigenvalue weighted by Crippen LogP contribution is 2.28. The van der Waals surface area contributed by atoms with Crippen molar-refractivity contribution < 1.29 is 10.2 Å². The summed E-state index contributed by atoms with van der Waals surface area (Å²) in [6.45, 7) is 8.76. The SMILES string of the molecule is C.C.C[C@H]1CCC(O)[C@@H](C)C1.C[C@H]1CC[C@@H](C)C(O)C1. The van der Waals surface area contributed by atoms with Crippen molar-refractivity contribution in [2.75, 3.05) is 0 Å². The Morgan fingerprint density at radius 3 is 1.50 bits per heavy atom. The maximum atomic E-state index is 9.35. The first-order valence-corrected chi connectivity index (χ1v) is 7.76. The van der Waals surface area contributed by atoms with Crippen LogP contribution in [-0.2, 0) is 0 Å². The lowest BCUT2D eigenvalue weighted by molar-refractivity contribution is 0.0577. The number of rotatable bonds is 0.